The maximum absolute atomic E-state index is 12.0. The Morgan fingerprint density at radius 2 is 2.10 bits per heavy atom. The number of carbonyl (C=O) groups excluding carboxylic acids is 2. The second-order valence-corrected chi connectivity index (χ2v) is 6.81. The van der Waals surface area contributed by atoms with Crippen LogP contribution in [-0.2, 0) is 9.53 Å². The lowest BCUT2D eigenvalue weighted by atomic mass is 9.95. The van der Waals surface area contributed by atoms with E-state index in [0.717, 1.165) is 38.5 Å². The van der Waals surface area contributed by atoms with Crippen molar-refractivity contribution in [2.24, 2.45) is 0 Å². The predicted octanol–water partition coefficient (Wildman–Crippen LogP) is 0.772. The maximum atomic E-state index is 12.0. The van der Waals surface area contributed by atoms with Crippen LogP contribution in [0.4, 0.5) is 4.79 Å². The average molecular weight is 315 g/mol. The van der Waals surface area contributed by atoms with Gasteiger partial charge in [0.05, 0.1) is 13.2 Å². The fourth-order valence-electron chi connectivity index (χ4n) is 2.65. The van der Waals surface area contributed by atoms with Gasteiger partial charge in [0, 0.05) is 37.5 Å². The summed E-state index contributed by atoms with van der Waals surface area (Å²) in [4.78, 5) is 27.5. The number of amides is 2. The summed E-state index contributed by atoms with van der Waals surface area (Å²) in [5.74, 6) is 0.714. The molecule has 6 nitrogen and oxygen atoms in total. The number of thioether (sulfide) groups is 1. The van der Waals surface area contributed by atoms with Crippen molar-refractivity contribution >= 4 is 22.9 Å². The van der Waals surface area contributed by atoms with Gasteiger partial charge in [-0.2, -0.15) is 0 Å². The smallest absolute Gasteiger partial charge is 0.282 e. The molecule has 2 aliphatic rings. The summed E-state index contributed by atoms with van der Waals surface area (Å²) in [5, 5.41) is 3.01. The second kappa shape index (κ2) is 7.47. The first-order valence-electron chi connectivity index (χ1n) is 7.56. The SMILES string of the molecule is CC[C@](C)(CNC(=O)CN1CCSC1=O)N1CCOCC1. The minimum absolute atomic E-state index is 0.0107. The zero-order valence-corrected chi connectivity index (χ0v) is 13.7. The fourth-order valence-corrected chi connectivity index (χ4v) is 3.48. The van der Waals surface area contributed by atoms with Gasteiger partial charge in [0.25, 0.3) is 5.24 Å². The van der Waals surface area contributed by atoms with Crippen LogP contribution in [0, 0.1) is 0 Å². The molecule has 21 heavy (non-hydrogen) atoms. The Balaban J connectivity index is 1.81. The second-order valence-electron chi connectivity index (χ2n) is 5.76. The molecule has 2 amide bonds. The standard InChI is InChI=1S/C14H25N3O3S/c1-3-14(2,17-4-7-20-8-5-17)11-15-12(18)10-16-6-9-21-13(16)19/h3-11H2,1-2H3,(H,15,18)/t14-/m1/s1. The summed E-state index contributed by atoms with van der Waals surface area (Å²) in [6.07, 6.45) is 0.964. The Hall–Kier alpha value is -0.790. The van der Waals surface area contributed by atoms with Crippen LogP contribution in [-0.4, -0.2) is 78.2 Å². The van der Waals surface area contributed by atoms with Gasteiger partial charge in [-0.05, 0) is 13.3 Å². The Labute approximate surface area is 130 Å². The molecule has 2 aliphatic heterocycles. The lowest BCUT2D eigenvalue weighted by Gasteiger charge is -2.43. The van der Waals surface area contributed by atoms with Gasteiger partial charge in [0.15, 0.2) is 0 Å². The van der Waals surface area contributed by atoms with Crippen LogP contribution in [0.5, 0.6) is 0 Å². The van der Waals surface area contributed by atoms with Crippen LogP contribution < -0.4 is 5.32 Å². The minimum atomic E-state index is -0.0706. The molecule has 2 fully saturated rings. The lowest BCUT2D eigenvalue weighted by Crippen LogP contribution is -2.57. The summed E-state index contributed by atoms with van der Waals surface area (Å²) in [7, 11) is 0. The van der Waals surface area contributed by atoms with Crippen LogP contribution in [0.2, 0.25) is 0 Å². The zero-order chi connectivity index (χ0) is 15.3. The molecule has 1 atom stereocenters. The monoisotopic (exact) mass is 315 g/mol. The van der Waals surface area contributed by atoms with Gasteiger partial charge in [-0.15, -0.1) is 0 Å². The molecule has 7 heteroatoms. The molecule has 2 heterocycles. The average Bonchev–Trinajstić information content (AvgIpc) is 2.91. The molecule has 0 spiro atoms. The number of hydrogen-bond acceptors (Lipinski definition) is 5. The van der Waals surface area contributed by atoms with Crippen molar-refractivity contribution in [1.29, 1.82) is 0 Å². The van der Waals surface area contributed by atoms with Gasteiger partial charge >= 0.3 is 0 Å². The molecule has 2 rings (SSSR count). The molecule has 0 unspecified atom stereocenters. The van der Waals surface area contributed by atoms with Crippen molar-refractivity contribution in [2.75, 3.05) is 51.7 Å². The van der Waals surface area contributed by atoms with E-state index in [9.17, 15) is 9.59 Å². The quantitative estimate of drug-likeness (QED) is 0.784. The van der Waals surface area contributed by atoms with Gasteiger partial charge in [0.2, 0.25) is 5.91 Å². The van der Waals surface area contributed by atoms with Crippen molar-refractivity contribution in [1.82, 2.24) is 15.1 Å². The Morgan fingerprint density at radius 3 is 2.67 bits per heavy atom. The molecule has 0 radical (unpaired) electrons. The van der Waals surface area contributed by atoms with Crippen molar-refractivity contribution in [3.8, 4) is 0 Å². The molecule has 1 N–H and O–H groups in total. The third-order valence-electron chi connectivity index (χ3n) is 4.38. The topological polar surface area (TPSA) is 61.9 Å². The largest absolute Gasteiger partial charge is 0.379 e. The number of morpholine rings is 1. The summed E-state index contributed by atoms with van der Waals surface area (Å²) in [5.41, 5.74) is -0.0524. The van der Waals surface area contributed by atoms with E-state index < -0.39 is 0 Å². The van der Waals surface area contributed by atoms with Crippen LogP contribution in [0.25, 0.3) is 0 Å². The molecule has 0 aromatic carbocycles. The molecule has 2 saturated heterocycles. The third-order valence-corrected chi connectivity index (χ3v) is 5.27. The first-order chi connectivity index (χ1) is 10.0. The van der Waals surface area contributed by atoms with E-state index in [1.807, 2.05) is 0 Å². The van der Waals surface area contributed by atoms with Crippen LogP contribution in [0.15, 0.2) is 0 Å². The summed E-state index contributed by atoms with van der Waals surface area (Å²) < 4.78 is 5.39. The van der Waals surface area contributed by atoms with Crippen LogP contribution in [0.3, 0.4) is 0 Å². The van der Waals surface area contributed by atoms with Crippen LogP contribution >= 0.6 is 11.8 Å². The highest BCUT2D eigenvalue weighted by Gasteiger charge is 2.32. The highest BCUT2D eigenvalue weighted by atomic mass is 32.2. The fraction of sp³-hybridized carbons (Fsp3) is 0.857. The Bertz CT molecular complexity index is 388. The van der Waals surface area contributed by atoms with E-state index in [-0.39, 0.29) is 23.2 Å². The number of hydrogen-bond donors (Lipinski definition) is 1. The van der Waals surface area contributed by atoms with E-state index in [4.69, 9.17) is 4.74 Å². The third kappa shape index (κ3) is 4.34. The molecule has 0 bridgehead atoms. The molecular weight excluding hydrogens is 290 g/mol. The van der Waals surface area contributed by atoms with E-state index >= 15 is 0 Å². The molecule has 0 aliphatic carbocycles. The van der Waals surface area contributed by atoms with Gasteiger partial charge in [-0.3, -0.25) is 14.5 Å². The van der Waals surface area contributed by atoms with Gasteiger partial charge < -0.3 is 15.0 Å². The van der Waals surface area contributed by atoms with Crippen molar-refractivity contribution in [3.63, 3.8) is 0 Å². The number of rotatable bonds is 6. The first-order valence-corrected chi connectivity index (χ1v) is 8.55. The molecular formula is C14H25N3O3S. The Morgan fingerprint density at radius 1 is 1.38 bits per heavy atom. The number of ether oxygens (including phenoxy) is 1. The van der Waals surface area contributed by atoms with Gasteiger partial charge in [-0.25, -0.2) is 0 Å². The Kier molecular flexibility index (Phi) is 5.89. The number of carbonyl (C=O) groups is 2. The maximum Gasteiger partial charge on any atom is 0.282 e. The highest BCUT2D eigenvalue weighted by Crippen LogP contribution is 2.20. The van der Waals surface area contributed by atoms with Gasteiger partial charge in [-0.1, -0.05) is 18.7 Å². The summed E-state index contributed by atoms with van der Waals surface area (Å²) >= 11 is 1.28. The van der Waals surface area contributed by atoms with Crippen molar-refractivity contribution < 1.29 is 14.3 Å². The van der Waals surface area contributed by atoms with E-state index in [2.05, 4.69) is 24.1 Å². The van der Waals surface area contributed by atoms with E-state index in [1.165, 1.54) is 11.8 Å². The molecule has 0 saturated carbocycles. The normalized spacial score (nSPS) is 23.1. The summed E-state index contributed by atoms with van der Waals surface area (Å²) in [6.45, 7) is 9.09. The van der Waals surface area contributed by atoms with E-state index in [1.54, 1.807) is 4.90 Å². The first kappa shape index (κ1) is 16.6. The number of nitrogens with one attached hydrogen (secondary N) is 1. The lowest BCUT2D eigenvalue weighted by molar-refractivity contribution is -0.122. The molecule has 0 aromatic rings. The predicted molar refractivity (Wildman–Crippen MR) is 83.5 cm³/mol. The number of nitrogens with zero attached hydrogens (tertiary/aromatic N) is 2. The van der Waals surface area contributed by atoms with Gasteiger partial charge in [0.1, 0.15) is 6.54 Å². The zero-order valence-electron chi connectivity index (χ0n) is 12.9. The highest BCUT2D eigenvalue weighted by molar-refractivity contribution is 8.13. The molecule has 120 valence electrons. The van der Waals surface area contributed by atoms with Crippen molar-refractivity contribution in [3.05, 3.63) is 0 Å². The van der Waals surface area contributed by atoms with E-state index in [0.29, 0.717) is 13.1 Å². The molecule has 0 aromatic heterocycles. The van der Waals surface area contributed by atoms with Crippen LogP contribution in [0.1, 0.15) is 20.3 Å². The minimum Gasteiger partial charge on any atom is -0.379 e. The van der Waals surface area contributed by atoms with Crippen molar-refractivity contribution in [2.45, 2.75) is 25.8 Å². The summed E-state index contributed by atoms with van der Waals surface area (Å²) in [6, 6.07) is 0.